The van der Waals surface area contributed by atoms with Crippen LogP contribution in [-0.2, 0) is 13.0 Å². The molecule has 0 aliphatic heterocycles. The molecule has 1 aliphatic rings. The van der Waals surface area contributed by atoms with Crippen LogP contribution < -0.4 is 4.74 Å². The topological polar surface area (TPSA) is 42.4 Å². The number of pyridine rings is 1. The zero-order valence-electron chi connectivity index (χ0n) is 10.7. The van der Waals surface area contributed by atoms with E-state index in [1.807, 2.05) is 36.5 Å². The van der Waals surface area contributed by atoms with Crippen molar-refractivity contribution in [1.82, 2.24) is 4.98 Å². The smallest absolute Gasteiger partial charge is 0.123 e. The third-order valence-electron chi connectivity index (χ3n) is 3.55. The fourth-order valence-corrected chi connectivity index (χ4v) is 2.57. The average molecular weight is 255 g/mol. The summed E-state index contributed by atoms with van der Waals surface area (Å²) in [5.74, 6) is 0.889. The number of ether oxygens (including phenoxy) is 1. The number of hydrogen-bond donors (Lipinski definition) is 1. The van der Waals surface area contributed by atoms with Crippen molar-refractivity contribution in [2.45, 2.75) is 32.0 Å². The maximum absolute atomic E-state index is 10.0. The normalized spacial score (nSPS) is 17.8. The highest BCUT2D eigenvalue weighted by Gasteiger charge is 2.20. The van der Waals surface area contributed by atoms with E-state index in [1.165, 1.54) is 0 Å². The van der Waals surface area contributed by atoms with Crippen LogP contribution in [0.2, 0.25) is 0 Å². The molecule has 1 heterocycles. The Hall–Kier alpha value is -1.87. The lowest BCUT2D eigenvalue weighted by atomic mass is 9.89. The van der Waals surface area contributed by atoms with E-state index in [-0.39, 0.29) is 6.10 Å². The van der Waals surface area contributed by atoms with E-state index in [1.54, 1.807) is 6.20 Å². The number of aliphatic hydroxyl groups is 1. The lowest BCUT2D eigenvalue weighted by Crippen LogP contribution is -2.11. The van der Waals surface area contributed by atoms with Crippen LogP contribution in [0.15, 0.2) is 42.7 Å². The SMILES string of the molecule is OC1CCCc2c(OCc3cccnc3)cccc21. The van der Waals surface area contributed by atoms with Gasteiger partial charge in [0.1, 0.15) is 12.4 Å². The fourth-order valence-electron chi connectivity index (χ4n) is 2.57. The van der Waals surface area contributed by atoms with Crippen LogP contribution in [0.5, 0.6) is 5.75 Å². The summed E-state index contributed by atoms with van der Waals surface area (Å²) >= 11 is 0. The molecule has 0 saturated heterocycles. The molecule has 1 aliphatic carbocycles. The van der Waals surface area contributed by atoms with E-state index in [4.69, 9.17) is 4.74 Å². The summed E-state index contributed by atoms with van der Waals surface area (Å²) in [5, 5.41) is 10.0. The Bertz CT molecular complexity index is 554. The molecule has 0 bridgehead atoms. The number of benzene rings is 1. The summed E-state index contributed by atoms with van der Waals surface area (Å²) in [6, 6.07) is 9.83. The van der Waals surface area contributed by atoms with Gasteiger partial charge in [-0.15, -0.1) is 0 Å². The first-order chi connectivity index (χ1) is 9.34. The standard InChI is InChI=1S/C16H17NO2/c18-15-7-1-6-14-13(15)5-2-8-16(14)19-11-12-4-3-9-17-10-12/h2-5,8-10,15,18H,1,6-7,11H2. The molecule has 1 aromatic carbocycles. The van der Waals surface area contributed by atoms with Crippen molar-refractivity contribution in [3.05, 3.63) is 59.4 Å². The highest BCUT2D eigenvalue weighted by Crippen LogP contribution is 2.35. The number of aliphatic hydroxyl groups excluding tert-OH is 1. The highest BCUT2D eigenvalue weighted by atomic mass is 16.5. The van der Waals surface area contributed by atoms with E-state index in [0.717, 1.165) is 41.7 Å². The second-order valence-electron chi connectivity index (χ2n) is 4.88. The average Bonchev–Trinajstić information content (AvgIpc) is 2.47. The van der Waals surface area contributed by atoms with Crippen molar-refractivity contribution in [2.24, 2.45) is 0 Å². The molecule has 0 spiro atoms. The van der Waals surface area contributed by atoms with Crippen LogP contribution in [0.25, 0.3) is 0 Å². The van der Waals surface area contributed by atoms with Crippen molar-refractivity contribution < 1.29 is 9.84 Å². The lowest BCUT2D eigenvalue weighted by molar-refractivity contribution is 0.155. The minimum Gasteiger partial charge on any atom is -0.489 e. The Kier molecular flexibility index (Phi) is 3.47. The van der Waals surface area contributed by atoms with Gasteiger partial charge < -0.3 is 9.84 Å². The highest BCUT2D eigenvalue weighted by molar-refractivity contribution is 5.43. The third-order valence-corrected chi connectivity index (χ3v) is 3.55. The molecular weight excluding hydrogens is 238 g/mol. The van der Waals surface area contributed by atoms with Crippen molar-refractivity contribution >= 4 is 0 Å². The Morgan fingerprint density at radius 3 is 3.05 bits per heavy atom. The van der Waals surface area contributed by atoms with Crippen molar-refractivity contribution in [1.29, 1.82) is 0 Å². The minimum atomic E-state index is -0.342. The summed E-state index contributed by atoms with van der Waals surface area (Å²) in [6.07, 6.45) is 6.07. The molecule has 1 aromatic heterocycles. The zero-order chi connectivity index (χ0) is 13.1. The summed E-state index contributed by atoms with van der Waals surface area (Å²) < 4.78 is 5.89. The maximum Gasteiger partial charge on any atom is 0.123 e. The van der Waals surface area contributed by atoms with Gasteiger partial charge in [-0.3, -0.25) is 4.98 Å². The van der Waals surface area contributed by atoms with E-state index < -0.39 is 0 Å². The first kappa shape index (κ1) is 12.2. The first-order valence-corrected chi connectivity index (χ1v) is 6.66. The number of hydrogen-bond acceptors (Lipinski definition) is 3. The van der Waals surface area contributed by atoms with Gasteiger partial charge in [0, 0.05) is 18.0 Å². The molecule has 3 heteroatoms. The molecule has 2 aromatic rings. The first-order valence-electron chi connectivity index (χ1n) is 6.66. The zero-order valence-corrected chi connectivity index (χ0v) is 10.7. The summed E-state index contributed by atoms with van der Waals surface area (Å²) in [4.78, 5) is 4.08. The van der Waals surface area contributed by atoms with Gasteiger partial charge >= 0.3 is 0 Å². The molecule has 0 amide bonds. The van der Waals surface area contributed by atoms with Crippen LogP contribution >= 0.6 is 0 Å². The Morgan fingerprint density at radius 1 is 1.26 bits per heavy atom. The fraction of sp³-hybridized carbons (Fsp3) is 0.312. The molecule has 0 fully saturated rings. The van der Waals surface area contributed by atoms with E-state index in [2.05, 4.69) is 4.98 Å². The lowest BCUT2D eigenvalue weighted by Gasteiger charge is -2.23. The maximum atomic E-state index is 10.0. The van der Waals surface area contributed by atoms with Crippen LogP contribution in [0.3, 0.4) is 0 Å². The number of rotatable bonds is 3. The number of nitrogens with zero attached hydrogens (tertiary/aromatic N) is 1. The molecular formula is C16H17NO2. The second-order valence-corrected chi connectivity index (χ2v) is 4.88. The number of fused-ring (bicyclic) bond motifs is 1. The van der Waals surface area contributed by atoms with E-state index in [9.17, 15) is 5.11 Å². The predicted octanol–water partition coefficient (Wildman–Crippen LogP) is 3.03. The number of aromatic nitrogens is 1. The van der Waals surface area contributed by atoms with Gasteiger partial charge in [0.2, 0.25) is 0 Å². The van der Waals surface area contributed by atoms with Crippen LogP contribution in [0.1, 0.15) is 35.6 Å². The molecule has 98 valence electrons. The van der Waals surface area contributed by atoms with Crippen molar-refractivity contribution in [3.63, 3.8) is 0 Å². The summed E-state index contributed by atoms with van der Waals surface area (Å²) in [6.45, 7) is 0.514. The van der Waals surface area contributed by atoms with Gasteiger partial charge in [-0.1, -0.05) is 18.2 Å². The summed E-state index contributed by atoms with van der Waals surface area (Å²) in [5.41, 5.74) is 3.23. The van der Waals surface area contributed by atoms with Gasteiger partial charge in [-0.05, 0) is 42.5 Å². The molecule has 3 rings (SSSR count). The van der Waals surface area contributed by atoms with Gasteiger partial charge in [-0.2, -0.15) is 0 Å². The largest absolute Gasteiger partial charge is 0.489 e. The quantitative estimate of drug-likeness (QED) is 0.916. The Labute approximate surface area is 112 Å². The monoisotopic (exact) mass is 255 g/mol. The molecule has 0 radical (unpaired) electrons. The van der Waals surface area contributed by atoms with Gasteiger partial charge in [-0.25, -0.2) is 0 Å². The predicted molar refractivity (Wildman–Crippen MR) is 72.9 cm³/mol. The Balaban J connectivity index is 1.80. The van der Waals surface area contributed by atoms with Gasteiger partial charge in [0.25, 0.3) is 0 Å². The molecule has 1 unspecified atom stereocenters. The van der Waals surface area contributed by atoms with Gasteiger partial charge in [0.15, 0.2) is 0 Å². The summed E-state index contributed by atoms with van der Waals surface area (Å²) in [7, 11) is 0. The molecule has 3 nitrogen and oxygen atoms in total. The third kappa shape index (κ3) is 2.61. The molecule has 0 saturated carbocycles. The Morgan fingerprint density at radius 2 is 2.21 bits per heavy atom. The molecule has 1 N–H and O–H groups in total. The van der Waals surface area contributed by atoms with E-state index in [0.29, 0.717) is 6.61 Å². The van der Waals surface area contributed by atoms with E-state index >= 15 is 0 Å². The molecule has 19 heavy (non-hydrogen) atoms. The van der Waals surface area contributed by atoms with Gasteiger partial charge in [0.05, 0.1) is 6.10 Å². The van der Waals surface area contributed by atoms with Crippen LogP contribution in [0.4, 0.5) is 0 Å². The molecule has 1 atom stereocenters. The van der Waals surface area contributed by atoms with Crippen LogP contribution in [-0.4, -0.2) is 10.1 Å². The minimum absolute atomic E-state index is 0.342. The van der Waals surface area contributed by atoms with Crippen molar-refractivity contribution in [2.75, 3.05) is 0 Å². The van der Waals surface area contributed by atoms with Crippen LogP contribution in [0, 0.1) is 0 Å². The van der Waals surface area contributed by atoms with Crippen molar-refractivity contribution in [3.8, 4) is 5.75 Å². The second kappa shape index (κ2) is 5.41.